The van der Waals surface area contributed by atoms with E-state index in [2.05, 4.69) is 20.2 Å². The Balaban J connectivity index is 1.34. The Labute approximate surface area is 179 Å². The molecule has 8 nitrogen and oxygen atoms in total. The second-order valence-corrected chi connectivity index (χ2v) is 8.19. The monoisotopic (exact) mass is 422 g/mol. The van der Waals surface area contributed by atoms with Crippen molar-refractivity contribution in [3.05, 3.63) is 60.1 Å². The summed E-state index contributed by atoms with van der Waals surface area (Å²) < 4.78 is 18.7. The van der Waals surface area contributed by atoms with Gasteiger partial charge in [0.2, 0.25) is 5.88 Å². The fraction of sp³-hybridized carbons (Fsp3) is 0.409. The van der Waals surface area contributed by atoms with Crippen LogP contribution in [0.15, 0.2) is 42.9 Å². The van der Waals surface area contributed by atoms with Gasteiger partial charge in [0.05, 0.1) is 25.2 Å². The lowest BCUT2D eigenvalue weighted by Crippen LogP contribution is -2.46. The van der Waals surface area contributed by atoms with Gasteiger partial charge < -0.3 is 9.64 Å². The first-order valence-corrected chi connectivity index (χ1v) is 10.5. The number of pyridine rings is 2. The molecular weight excluding hydrogens is 399 g/mol. The van der Waals surface area contributed by atoms with Gasteiger partial charge in [0.1, 0.15) is 11.5 Å². The number of hydrogen-bond acceptors (Lipinski definition) is 6. The van der Waals surface area contributed by atoms with E-state index < -0.39 is 5.82 Å². The van der Waals surface area contributed by atoms with Crippen molar-refractivity contribution in [1.29, 1.82) is 0 Å². The minimum atomic E-state index is -0.399. The average Bonchev–Trinajstić information content (AvgIpc) is 3.32. The van der Waals surface area contributed by atoms with Gasteiger partial charge in [-0.3, -0.25) is 4.79 Å². The summed E-state index contributed by atoms with van der Waals surface area (Å²) in [5.41, 5.74) is 1.70. The number of carbonyl (C=O) groups excluding carboxylic acids is 1. The maximum absolute atomic E-state index is 13.6. The summed E-state index contributed by atoms with van der Waals surface area (Å²) in [6.07, 6.45) is 7.08. The standard InChI is InChI=1S/C22H23FN6O2/c1-14-2-4-19(29-25-7-8-26-29)21(27-14)22(30)28-13-16-10-15(16)11-18(28)6-9-31-20-5-3-17(23)12-24-20/h2-5,7-8,12,15-16,18H,6,9-11,13H2,1H3/t15-,16?,18-/m1/s1. The van der Waals surface area contributed by atoms with Gasteiger partial charge in [-0.05, 0) is 49.8 Å². The van der Waals surface area contributed by atoms with Gasteiger partial charge in [-0.15, -0.1) is 4.80 Å². The van der Waals surface area contributed by atoms with Crippen LogP contribution in [0.25, 0.3) is 5.69 Å². The molecule has 1 aliphatic heterocycles. The highest BCUT2D eigenvalue weighted by molar-refractivity contribution is 5.96. The van der Waals surface area contributed by atoms with Gasteiger partial charge in [0, 0.05) is 30.8 Å². The van der Waals surface area contributed by atoms with Crippen molar-refractivity contribution in [2.45, 2.75) is 32.2 Å². The Morgan fingerprint density at radius 1 is 1.16 bits per heavy atom. The molecule has 0 spiro atoms. The van der Waals surface area contributed by atoms with Gasteiger partial charge in [-0.25, -0.2) is 14.4 Å². The van der Waals surface area contributed by atoms with Crippen molar-refractivity contribution < 1.29 is 13.9 Å². The fourth-order valence-electron chi connectivity index (χ4n) is 4.31. The van der Waals surface area contributed by atoms with E-state index in [0.717, 1.165) is 31.3 Å². The van der Waals surface area contributed by atoms with E-state index in [-0.39, 0.29) is 11.9 Å². The van der Waals surface area contributed by atoms with Crippen LogP contribution in [0.2, 0.25) is 0 Å². The summed E-state index contributed by atoms with van der Waals surface area (Å²) in [5.74, 6) is 1.12. The number of likely N-dealkylation sites (tertiary alicyclic amines) is 1. The Kier molecular flexibility index (Phi) is 5.09. The Hall–Kier alpha value is -3.36. The summed E-state index contributed by atoms with van der Waals surface area (Å²) in [6, 6.07) is 6.57. The number of aryl methyl sites for hydroxylation is 1. The second kappa shape index (κ2) is 8.05. The van der Waals surface area contributed by atoms with Gasteiger partial charge in [0.25, 0.3) is 5.91 Å². The number of halogens is 1. The molecule has 2 aliphatic rings. The highest BCUT2D eigenvalue weighted by Gasteiger charge is 2.47. The number of amides is 1. The van der Waals surface area contributed by atoms with Crippen LogP contribution in [0.1, 0.15) is 35.4 Å². The molecule has 1 amide bonds. The van der Waals surface area contributed by atoms with Crippen LogP contribution in [0.4, 0.5) is 4.39 Å². The van der Waals surface area contributed by atoms with Crippen LogP contribution in [0.3, 0.4) is 0 Å². The molecule has 0 radical (unpaired) electrons. The van der Waals surface area contributed by atoms with Gasteiger partial charge in [-0.1, -0.05) is 0 Å². The smallest absolute Gasteiger partial charge is 0.275 e. The summed E-state index contributed by atoms with van der Waals surface area (Å²) in [7, 11) is 0. The Bertz CT molecular complexity index is 1070. The van der Waals surface area contributed by atoms with Crippen LogP contribution in [0.5, 0.6) is 5.88 Å². The third-order valence-corrected chi connectivity index (χ3v) is 6.03. The second-order valence-electron chi connectivity index (χ2n) is 8.19. The molecule has 3 aromatic heterocycles. The zero-order valence-corrected chi connectivity index (χ0v) is 17.2. The van der Waals surface area contributed by atoms with E-state index in [9.17, 15) is 9.18 Å². The molecule has 3 aromatic rings. The van der Waals surface area contributed by atoms with Crippen molar-refractivity contribution in [3.63, 3.8) is 0 Å². The first-order chi connectivity index (χ1) is 15.1. The lowest BCUT2D eigenvalue weighted by Gasteiger charge is -2.35. The van der Waals surface area contributed by atoms with E-state index in [4.69, 9.17) is 4.74 Å². The van der Waals surface area contributed by atoms with Crippen molar-refractivity contribution in [3.8, 4) is 11.6 Å². The average molecular weight is 422 g/mol. The number of rotatable bonds is 6. The number of ether oxygens (including phenoxy) is 1. The molecule has 1 aliphatic carbocycles. The highest BCUT2D eigenvalue weighted by Crippen LogP contribution is 2.48. The third-order valence-electron chi connectivity index (χ3n) is 6.03. The van der Waals surface area contributed by atoms with Crippen LogP contribution in [-0.2, 0) is 0 Å². The van der Waals surface area contributed by atoms with E-state index >= 15 is 0 Å². The lowest BCUT2D eigenvalue weighted by atomic mass is 9.98. The summed E-state index contributed by atoms with van der Waals surface area (Å²) in [5, 5.41) is 8.35. The minimum Gasteiger partial charge on any atom is -0.478 e. The molecule has 1 saturated carbocycles. The molecule has 1 unspecified atom stereocenters. The Morgan fingerprint density at radius 2 is 2.00 bits per heavy atom. The summed E-state index contributed by atoms with van der Waals surface area (Å²) in [4.78, 5) is 25.5. The molecule has 160 valence electrons. The van der Waals surface area contributed by atoms with E-state index in [0.29, 0.717) is 42.1 Å². The number of aromatic nitrogens is 5. The van der Waals surface area contributed by atoms with Gasteiger partial charge in [-0.2, -0.15) is 10.2 Å². The lowest BCUT2D eigenvalue weighted by molar-refractivity contribution is 0.0559. The van der Waals surface area contributed by atoms with Crippen LogP contribution >= 0.6 is 0 Å². The van der Waals surface area contributed by atoms with Gasteiger partial charge in [0.15, 0.2) is 5.69 Å². The summed E-state index contributed by atoms with van der Waals surface area (Å²) in [6.45, 7) is 3.00. The topological polar surface area (TPSA) is 86.0 Å². The molecule has 3 atom stereocenters. The molecule has 1 saturated heterocycles. The molecular formula is C22H23FN6O2. The molecule has 4 heterocycles. The number of piperidine rings is 1. The first-order valence-electron chi connectivity index (χ1n) is 10.5. The predicted molar refractivity (Wildman–Crippen MR) is 109 cm³/mol. The van der Waals surface area contributed by atoms with Crippen LogP contribution in [-0.4, -0.2) is 55.0 Å². The molecule has 5 rings (SSSR count). The first kappa shape index (κ1) is 19.6. The molecule has 9 heteroatoms. The SMILES string of the molecule is Cc1ccc(-n2nccn2)c(C(=O)N2CC3C[C@@H]3C[C@H]2CCOc2ccc(F)cn2)n1. The maximum Gasteiger partial charge on any atom is 0.275 e. The van der Waals surface area contributed by atoms with Gasteiger partial charge >= 0.3 is 0 Å². The van der Waals surface area contributed by atoms with Crippen molar-refractivity contribution in [2.24, 2.45) is 11.8 Å². The predicted octanol–water partition coefficient (Wildman–Crippen LogP) is 2.82. The quantitative estimate of drug-likeness (QED) is 0.607. The van der Waals surface area contributed by atoms with Crippen LogP contribution < -0.4 is 4.74 Å². The number of hydrogen-bond donors (Lipinski definition) is 0. The van der Waals surface area contributed by atoms with Crippen LogP contribution in [0, 0.1) is 24.6 Å². The number of carbonyl (C=O) groups is 1. The molecule has 0 N–H and O–H groups in total. The van der Waals surface area contributed by atoms with E-state index in [1.54, 1.807) is 12.4 Å². The largest absolute Gasteiger partial charge is 0.478 e. The maximum atomic E-state index is 13.6. The number of nitrogens with zero attached hydrogens (tertiary/aromatic N) is 6. The summed E-state index contributed by atoms with van der Waals surface area (Å²) >= 11 is 0. The van der Waals surface area contributed by atoms with E-state index in [1.165, 1.54) is 16.9 Å². The molecule has 2 fully saturated rings. The van der Waals surface area contributed by atoms with Crippen molar-refractivity contribution >= 4 is 5.91 Å². The molecule has 0 aromatic carbocycles. The van der Waals surface area contributed by atoms with Crippen molar-refractivity contribution in [1.82, 2.24) is 29.9 Å². The number of fused-ring (bicyclic) bond motifs is 1. The van der Waals surface area contributed by atoms with E-state index in [1.807, 2.05) is 24.0 Å². The molecule has 0 bridgehead atoms. The zero-order valence-electron chi connectivity index (χ0n) is 17.2. The zero-order chi connectivity index (χ0) is 21.4. The normalized spacial score (nSPS) is 22.1. The van der Waals surface area contributed by atoms with Crippen molar-refractivity contribution in [2.75, 3.05) is 13.2 Å². The fourth-order valence-corrected chi connectivity index (χ4v) is 4.31. The molecule has 31 heavy (non-hydrogen) atoms. The third kappa shape index (κ3) is 4.12. The Morgan fingerprint density at radius 3 is 2.77 bits per heavy atom. The highest BCUT2D eigenvalue weighted by atomic mass is 19.1. The minimum absolute atomic E-state index is 0.0532.